The molecular formula is C12H21N3. The van der Waals surface area contributed by atoms with Gasteiger partial charge in [-0.05, 0) is 26.3 Å². The quantitative estimate of drug-likeness (QED) is 0.777. The minimum Gasteiger partial charge on any atom is -0.384 e. The highest BCUT2D eigenvalue weighted by atomic mass is 15.1. The number of hydrogen-bond donors (Lipinski definition) is 1. The third-order valence-electron chi connectivity index (χ3n) is 2.43. The summed E-state index contributed by atoms with van der Waals surface area (Å²) in [7, 11) is 0. The molecule has 0 aromatic carbocycles. The Morgan fingerprint density at radius 2 is 1.93 bits per heavy atom. The van der Waals surface area contributed by atoms with Crippen molar-refractivity contribution in [2.45, 2.75) is 27.2 Å². The predicted molar refractivity (Wildman–Crippen MR) is 66.6 cm³/mol. The van der Waals surface area contributed by atoms with Crippen LogP contribution < -0.4 is 10.2 Å². The maximum atomic E-state index is 4.25. The zero-order chi connectivity index (χ0) is 11.1. The van der Waals surface area contributed by atoms with Gasteiger partial charge in [0.1, 0.15) is 0 Å². The van der Waals surface area contributed by atoms with Crippen molar-refractivity contribution in [3.05, 3.63) is 18.5 Å². The molecule has 3 nitrogen and oxygen atoms in total. The molecule has 1 N–H and O–H groups in total. The van der Waals surface area contributed by atoms with Gasteiger partial charge in [0.2, 0.25) is 0 Å². The highest BCUT2D eigenvalue weighted by Crippen LogP contribution is 2.17. The van der Waals surface area contributed by atoms with E-state index in [2.05, 4.69) is 42.0 Å². The van der Waals surface area contributed by atoms with Crippen molar-refractivity contribution in [3.63, 3.8) is 0 Å². The van der Waals surface area contributed by atoms with Crippen LogP contribution >= 0.6 is 0 Å². The minimum absolute atomic E-state index is 1.00. The summed E-state index contributed by atoms with van der Waals surface area (Å²) in [5.74, 6) is 0. The van der Waals surface area contributed by atoms with E-state index < -0.39 is 0 Å². The molecule has 0 bridgehead atoms. The Hall–Kier alpha value is -1.25. The van der Waals surface area contributed by atoms with Gasteiger partial charge in [0.05, 0.1) is 23.8 Å². The zero-order valence-corrected chi connectivity index (χ0v) is 9.95. The fourth-order valence-corrected chi connectivity index (χ4v) is 1.56. The van der Waals surface area contributed by atoms with Gasteiger partial charge >= 0.3 is 0 Å². The molecule has 1 rings (SSSR count). The largest absolute Gasteiger partial charge is 0.384 e. The number of nitrogens with zero attached hydrogens (tertiary/aromatic N) is 2. The van der Waals surface area contributed by atoms with Crippen molar-refractivity contribution in [2.75, 3.05) is 29.9 Å². The van der Waals surface area contributed by atoms with Crippen LogP contribution in [-0.2, 0) is 0 Å². The molecule has 15 heavy (non-hydrogen) atoms. The van der Waals surface area contributed by atoms with Crippen LogP contribution in [0.2, 0.25) is 0 Å². The smallest absolute Gasteiger partial charge is 0.0573 e. The molecule has 0 aliphatic rings. The van der Waals surface area contributed by atoms with E-state index in [1.807, 2.05) is 12.4 Å². The van der Waals surface area contributed by atoms with Crippen LogP contribution in [0.1, 0.15) is 27.2 Å². The average molecular weight is 207 g/mol. The summed E-state index contributed by atoms with van der Waals surface area (Å²) in [6.45, 7) is 9.54. The minimum atomic E-state index is 1.00. The molecule has 1 aromatic heterocycles. The lowest BCUT2D eigenvalue weighted by Gasteiger charge is -2.21. The number of aromatic nitrogens is 1. The molecule has 0 fully saturated rings. The number of nitrogens with one attached hydrogen (secondary N) is 1. The fourth-order valence-electron chi connectivity index (χ4n) is 1.56. The third-order valence-corrected chi connectivity index (χ3v) is 2.43. The van der Waals surface area contributed by atoms with E-state index in [-0.39, 0.29) is 0 Å². The Morgan fingerprint density at radius 1 is 1.20 bits per heavy atom. The van der Waals surface area contributed by atoms with Gasteiger partial charge in [0.15, 0.2) is 0 Å². The van der Waals surface area contributed by atoms with Gasteiger partial charge in [0.25, 0.3) is 0 Å². The van der Waals surface area contributed by atoms with Gasteiger partial charge in [-0.2, -0.15) is 0 Å². The summed E-state index contributed by atoms with van der Waals surface area (Å²) in [6.07, 6.45) is 4.93. The van der Waals surface area contributed by atoms with Crippen LogP contribution in [-0.4, -0.2) is 24.6 Å². The van der Waals surface area contributed by atoms with E-state index in [1.54, 1.807) is 0 Å². The van der Waals surface area contributed by atoms with Crippen molar-refractivity contribution < 1.29 is 0 Å². The number of anilines is 2. The highest BCUT2D eigenvalue weighted by molar-refractivity contribution is 5.55. The topological polar surface area (TPSA) is 28.2 Å². The van der Waals surface area contributed by atoms with Crippen LogP contribution in [0.3, 0.4) is 0 Å². The van der Waals surface area contributed by atoms with Crippen molar-refractivity contribution in [3.8, 4) is 0 Å². The molecule has 0 aliphatic heterocycles. The van der Waals surface area contributed by atoms with Gasteiger partial charge < -0.3 is 10.2 Å². The van der Waals surface area contributed by atoms with E-state index >= 15 is 0 Å². The maximum Gasteiger partial charge on any atom is 0.0573 e. The molecule has 0 amide bonds. The van der Waals surface area contributed by atoms with E-state index in [0.29, 0.717) is 0 Å². The fraction of sp³-hybridized carbons (Fsp3) is 0.583. The lowest BCUT2D eigenvalue weighted by Crippen LogP contribution is -2.22. The Bertz CT molecular complexity index is 282. The van der Waals surface area contributed by atoms with Gasteiger partial charge in [-0.3, -0.25) is 4.98 Å². The lowest BCUT2D eigenvalue weighted by molar-refractivity contribution is 0.862. The average Bonchev–Trinajstić information content (AvgIpc) is 2.29. The first-order valence-corrected chi connectivity index (χ1v) is 5.75. The maximum absolute atomic E-state index is 4.25. The first-order valence-electron chi connectivity index (χ1n) is 5.75. The van der Waals surface area contributed by atoms with E-state index in [9.17, 15) is 0 Å². The van der Waals surface area contributed by atoms with Crippen LogP contribution in [0, 0.1) is 0 Å². The van der Waals surface area contributed by atoms with Gasteiger partial charge in [0, 0.05) is 19.6 Å². The summed E-state index contributed by atoms with van der Waals surface area (Å²) in [5.41, 5.74) is 2.31. The van der Waals surface area contributed by atoms with Crippen LogP contribution in [0.15, 0.2) is 18.5 Å². The molecule has 0 aliphatic carbocycles. The first-order chi connectivity index (χ1) is 7.31. The van der Waals surface area contributed by atoms with Crippen molar-refractivity contribution in [1.29, 1.82) is 0 Å². The normalized spacial score (nSPS) is 10.1. The molecule has 3 heteroatoms. The molecule has 1 aromatic rings. The van der Waals surface area contributed by atoms with Crippen LogP contribution in [0.4, 0.5) is 11.4 Å². The summed E-state index contributed by atoms with van der Waals surface area (Å²) in [5, 5.41) is 3.35. The van der Waals surface area contributed by atoms with Crippen LogP contribution in [0.5, 0.6) is 0 Å². The molecule has 0 saturated carbocycles. The molecule has 0 saturated heterocycles. The highest BCUT2D eigenvalue weighted by Gasteiger charge is 2.02. The molecule has 0 atom stereocenters. The molecule has 0 unspecified atom stereocenters. The number of rotatable bonds is 6. The van der Waals surface area contributed by atoms with E-state index in [0.717, 1.165) is 31.7 Å². The molecule has 0 radical (unpaired) electrons. The van der Waals surface area contributed by atoms with Crippen molar-refractivity contribution in [2.24, 2.45) is 0 Å². The third kappa shape index (κ3) is 3.42. The predicted octanol–water partition coefficient (Wildman–Crippen LogP) is 2.75. The molecule has 0 spiro atoms. The van der Waals surface area contributed by atoms with Gasteiger partial charge in [-0.1, -0.05) is 6.92 Å². The van der Waals surface area contributed by atoms with Gasteiger partial charge in [-0.25, -0.2) is 0 Å². The summed E-state index contributed by atoms with van der Waals surface area (Å²) in [4.78, 5) is 6.55. The summed E-state index contributed by atoms with van der Waals surface area (Å²) in [6, 6.07) is 2.16. The molecular weight excluding hydrogens is 186 g/mol. The van der Waals surface area contributed by atoms with E-state index in [1.165, 1.54) is 5.69 Å². The zero-order valence-electron chi connectivity index (χ0n) is 9.95. The van der Waals surface area contributed by atoms with Gasteiger partial charge in [-0.15, -0.1) is 0 Å². The van der Waals surface area contributed by atoms with Crippen molar-refractivity contribution in [1.82, 2.24) is 4.98 Å². The summed E-state index contributed by atoms with van der Waals surface area (Å²) < 4.78 is 0. The molecule has 84 valence electrons. The first kappa shape index (κ1) is 11.8. The second-order valence-corrected chi connectivity index (χ2v) is 3.53. The lowest BCUT2D eigenvalue weighted by atomic mass is 10.3. The summed E-state index contributed by atoms with van der Waals surface area (Å²) >= 11 is 0. The van der Waals surface area contributed by atoms with Crippen LogP contribution in [0.25, 0.3) is 0 Å². The second kappa shape index (κ2) is 6.27. The SMILES string of the molecule is CCCNc1cncc(N(CC)CC)c1. The second-order valence-electron chi connectivity index (χ2n) is 3.53. The Kier molecular flexibility index (Phi) is 4.95. The Labute approximate surface area is 92.5 Å². The van der Waals surface area contributed by atoms with Crippen molar-refractivity contribution >= 4 is 11.4 Å². The Morgan fingerprint density at radius 3 is 2.53 bits per heavy atom. The van der Waals surface area contributed by atoms with E-state index in [4.69, 9.17) is 0 Å². The monoisotopic (exact) mass is 207 g/mol. The standard InChI is InChI=1S/C12H21N3/c1-4-7-14-11-8-12(10-13-9-11)15(5-2)6-3/h8-10,14H,4-7H2,1-3H3. The number of pyridine rings is 1. The molecule has 1 heterocycles. The Balaban J connectivity index is 2.72. The number of hydrogen-bond acceptors (Lipinski definition) is 3.